The highest BCUT2D eigenvalue weighted by Gasteiger charge is 2.26. The summed E-state index contributed by atoms with van der Waals surface area (Å²) < 4.78 is 13.4. The average Bonchev–Trinajstić information content (AvgIpc) is 2.19. The Morgan fingerprint density at radius 2 is 2.20 bits per heavy atom. The van der Waals surface area contributed by atoms with Crippen LogP contribution in [0.3, 0.4) is 0 Å². The molecule has 0 saturated carbocycles. The van der Waals surface area contributed by atoms with Gasteiger partial charge in [0.1, 0.15) is 16.5 Å². The van der Waals surface area contributed by atoms with Crippen molar-refractivity contribution in [3.05, 3.63) is 28.2 Å². The van der Waals surface area contributed by atoms with Crippen LogP contribution in [0.15, 0.2) is 16.9 Å². The van der Waals surface area contributed by atoms with Gasteiger partial charge in [-0.2, -0.15) is 0 Å². The lowest BCUT2D eigenvalue weighted by molar-refractivity contribution is -0.132. The van der Waals surface area contributed by atoms with Crippen molar-refractivity contribution in [3.63, 3.8) is 0 Å². The number of hydrogen-bond acceptors (Lipinski definition) is 4. The zero-order chi connectivity index (χ0) is 11.6. The van der Waals surface area contributed by atoms with Gasteiger partial charge in [0.15, 0.2) is 6.10 Å². The van der Waals surface area contributed by atoms with Crippen molar-refractivity contribution < 1.29 is 19.4 Å². The van der Waals surface area contributed by atoms with E-state index in [2.05, 4.69) is 20.9 Å². The van der Waals surface area contributed by atoms with Crippen LogP contribution in [0.1, 0.15) is 11.7 Å². The van der Waals surface area contributed by atoms with Gasteiger partial charge in [-0.3, -0.25) is 4.79 Å². The first-order valence-electron chi connectivity index (χ1n) is 3.90. The second-order valence-electron chi connectivity index (χ2n) is 2.82. The Bertz CT molecular complexity index is 388. The Labute approximate surface area is 92.9 Å². The minimum atomic E-state index is -1.85. The maximum atomic E-state index is 13.1. The summed E-state index contributed by atoms with van der Waals surface area (Å²) in [5, 5.41) is 18.6. The van der Waals surface area contributed by atoms with Crippen molar-refractivity contribution >= 4 is 21.8 Å². The van der Waals surface area contributed by atoms with Crippen LogP contribution in [-0.4, -0.2) is 27.2 Å². The third kappa shape index (κ3) is 2.71. The molecule has 0 bridgehead atoms. The molecule has 2 atom stereocenters. The van der Waals surface area contributed by atoms with E-state index in [0.29, 0.717) is 0 Å². The summed E-state index contributed by atoms with van der Waals surface area (Å²) in [4.78, 5) is 14.1. The molecule has 0 aromatic carbocycles. The Morgan fingerprint density at radius 1 is 1.60 bits per heavy atom. The van der Waals surface area contributed by atoms with E-state index in [4.69, 9.17) is 10.8 Å². The summed E-state index contributed by atoms with van der Waals surface area (Å²) in [6, 6.07) is 1.16. The van der Waals surface area contributed by atoms with E-state index in [1.807, 2.05) is 0 Å². The number of amides is 1. The SMILES string of the molecule is NC(=O)C(O)C(O)c1cc(Br)ncc1F. The number of nitrogens with zero attached hydrogens (tertiary/aromatic N) is 1. The van der Waals surface area contributed by atoms with E-state index in [-0.39, 0.29) is 10.2 Å². The molecule has 0 aliphatic rings. The number of pyridine rings is 1. The maximum Gasteiger partial charge on any atom is 0.249 e. The fourth-order valence-corrected chi connectivity index (χ4v) is 1.33. The molecule has 7 heteroatoms. The van der Waals surface area contributed by atoms with Gasteiger partial charge >= 0.3 is 0 Å². The fraction of sp³-hybridized carbons (Fsp3) is 0.250. The summed E-state index contributed by atoms with van der Waals surface area (Å²) in [6.07, 6.45) is -2.70. The molecule has 0 saturated heterocycles. The summed E-state index contributed by atoms with van der Waals surface area (Å²) in [5.74, 6) is -1.96. The molecule has 82 valence electrons. The van der Waals surface area contributed by atoms with E-state index >= 15 is 0 Å². The Hall–Kier alpha value is -1.05. The van der Waals surface area contributed by atoms with Crippen LogP contribution < -0.4 is 5.73 Å². The van der Waals surface area contributed by atoms with Gasteiger partial charge in [0.2, 0.25) is 5.91 Å². The molecule has 0 aliphatic carbocycles. The lowest BCUT2D eigenvalue weighted by atomic mass is 10.1. The molecule has 2 unspecified atom stereocenters. The van der Waals surface area contributed by atoms with E-state index in [1.54, 1.807) is 0 Å². The van der Waals surface area contributed by atoms with Crippen molar-refractivity contribution in [1.82, 2.24) is 4.98 Å². The number of aliphatic hydroxyl groups is 2. The topological polar surface area (TPSA) is 96.4 Å². The highest BCUT2D eigenvalue weighted by molar-refractivity contribution is 9.10. The number of aliphatic hydroxyl groups excluding tert-OH is 2. The van der Waals surface area contributed by atoms with E-state index in [1.165, 1.54) is 0 Å². The average molecular weight is 279 g/mol. The van der Waals surface area contributed by atoms with Crippen molar-refractivity contribution in [2.75, 3.05) is 0 Å². The molecule has 0 aliphatic heterocycles. The first-order valence-corrected chi connectivity index (χ1v) is 4.69. The molecule has 5 nitrogen and oxygen atoms in total. The zero-order valence-corrected chi connectivity index (χ0v) is 8.98. The van der Waals surface area contributed by atoms with Gasteiger partial charge in [0, 0.05) is 5.56 Å². The first-order chi connectivity index (χ1) is 6.93. The molecule has 1 heterocycles. The highest BCUT2D eigenvalue weighted by atomic mass is 79.9. The third-order valence-corrected chi connectivity index (χ3v) is 2.19. The van der Waals surface area contributed by atoms with Crippen molar-refractivity contribution in [1.29, 1.82) is 0 Å². The lowest BCUT2D eigenvalue weighted by Crippen LogP contribution is -2.34. The molecule has 0 radical (unpaired) electrons. The molecule has 15 heavy (non-hydrogen) atoms. The molecule has 1 aromatic rings. The molecule has 1 amide bonds. The second-order valence-corrected chi connectivity index (χ2v) is 3.63. The Kier molecular flexibility index (Phi) is 3.72. The summed E-state index contributed by atoms with van der Waals surface area (Å²) >= 11 is 2.96. The predicted octanol–water partition coefficient (Wildman–Crippen LogP) is -0.137. The number of aromatic nitrogens is 1. The monoisotopic (exact) mass is 278 g/mol. The van der Waals surface area contributed by atoms with E-state index < -0.39 is 23.9 Å². The number of carbonyl (C=O) groups is 1. The molecule has 1 rings (SSSR count). The quantitative estimate of drug-likeness (QED) is 0.671. The minimum Gasteiger partial charge on any atom is -0.385 e. The number of rotatable bonds is 3. The van der Waals surface area contributed by atoms with Crippen molar-refractivity contribution in [3.8, 4) is 0 Å². The van der Waals surface area contributed by atoms with Crippen LogP contribution in [0.2, 0.25) is 0 Å². The summed E-state index contributed by atoms with van der Waals surface area (Å²) in [7, 11) is 0. The summed E-state index contributed by atoms with van der Waals surface area (Å²) in [5.41, 5.74) is 4.52. The molecular formula is C8H8BrFN2O3. The van der Waals surface area contributed by atoms with Crippen LogP contribution >= 0.6 is 15.9 Å². The normalized spacial score (nSPS) is 14.7. The van der Waals surface area contributed by atoms with Crippen LogP contribution in [0.4, 0.5) is 4.39 Å². The van der Waals surface area contributed by atoms with Crippen LogP contribution in [0, 0.1) is 5.82 Å². The van der Waals surface area contributed by atoms with E-state index in [9.17, 15) is 14.3 Å². The number of halogens is 2. The summed E-state index contributed by atoms with van der Waals surface area (Å²) in [6.45, 7) is 0. The number of carbonyl (C=O) groups excluding carboxylic acids is 1. The lowest BCUT2D eigenvalue weighted by Gasteiger charge is -2.15. The number of nitrogens with two attached hydrogens (primary N) is 1. The molecule has 1 aromatic heterocycles. The van der Waals surface area contributed by atoms with Crippen LogP contribution in [0.25, 0.3) is 0 Å². The third-order valence-electron chi connectivity index (χ3n) is 1.76. The van der Waals surface area contributed by atoms with E-state index in [0.717, 1.165) is 12.3 Å². The Morgan fingerprint density at radius 3 is 2.73 bits per heavy atom. The molecule has 0 spiro atoms. The van der Waals surface area contributed by atoms with Gasteiger partial charge in [-0.25, -0.2) is 9.37 Å². The van der Waals surface area contributed by atoms with Gasteiger partial charge in [0.25, 0.3) is 0 Å². The number of hydrogen-bond donors (Lipinski definition) is 3. The Balaban J connectivity index is 3.04. The predicted molar refractivity (Wildman–Crippen MR) is 52.1 cm³/mol. The minimum absolute atomic E-state index is 0.247. The highest BCUT2D eigenvalue weighted by Crippen LogP contribution is 2.22. The molecule has 0 fully saturated rings. The van der Waals surface area contributed by atoms with Crippen molar-refractivity contribution in [2.45, 2.75) is 12.2 Å². The molecule has 4 N–H and O–H groups in total. The van der Waals surface area contributed by atoms with Crippen LogP contribution in [-0.2, 0) is 4.79 Å². The first kappa shape index (κ1) is 12.0. The molecular weight excluding hydrogens is 271 g/mol. The van der Waals surface area contributed by atoms with Crippen LogP contribution in [0.5, 0.6) is 0 Å². The maximum absolute atomic E-state index is 13.1. The zero-order valence-electron chi connectivity index (χ0n) is 7.39. The van der Waals surface area contributed by atoms with Gasteiger partial charge in [-0.05, 0) is 22.0 Å². The standard InChI is InChI=1S/C8H8BrFN2O3/c9-5-1-3(4(10)2-12-5)6(13)7(14)8(11)15/h1-2,6-7,13-14H,(H2,11,15). The number of primary amides is 1. The van der Waals surface area contributed by atoms with Gasteiger partial charge in [-0.15, -0.1) is 0 Å². The second kappa shape index (κ2) is 4.65. The van der Waals surface area contributed by atoms with Gasteiger partial charge < -0.3 is 15.9 Å². The fourth-order valence-electron chi connectivity index (χ4n) is 0.980. The van der Waals surface area contributed by atoms with Gasteiger partial charge in [-0.1, -0.05) is 0 Å². The van der Waals surface area contributed by atoms with Crippen molar-refractivity contribution in [2.24, 2.45) is 5.73 Å². The van der Waals surface area contributed by atoms with Gasteiger partial charge in [0.05, 0.1) is 6.20 Å². The smallest absolute Gasteiger partial charge is 0.249 e. The largest absolute Gasteiger partial charge is 0.385 e.